The van der Waals surface area contributed by atoms with Crippen LogP contribution < -0.4 is 5.32 Å². The first-order valence-electron chi connectivity index (χ1n) is 4.75. The normalized spacial score (nSPS) is 39.0. The first-order valence-corrected chi connectivity index (χ1v) is 4.75. The minimum Gasteiger partial charge on any atom is -0.393 e. The first-order chi connectivity index (χ1) is 5.36. The highest BCUT2D eigenvalue weighted by Crippen LogP contribution is 2.36. The molecule has 1 heterocycles. The van der Waals surface area contributed by atoms with Crippen LogP contribution >= 0.6 is 0 Å². The van der Waals surface area contributed by atoms with Crippen molar-refractivity contribution < 1.29 is 5.11 Å². The predicted molar refractivity (Wildman–Crippen MR) is 44.3 cm³/mol. The van der Waals surface area contributed by atoms with Crippen LogP contribution in [0.2, 0.25) is 0 Å². The fraction of sp³-hybridized carbons (Fsp3) is 1.00. The van der Waals surface area contributed by atoms with Crippen LogP contribution in [-0.2, 0) is 0 Å². The van der Waals surface area contributed by atoms with Crippen LogP contribution in [-0.4, -0.2) is 24.3 Å². The van der Waals surface area contributed by atoms with Gasteiger partial charge in [0.05, 0.1) is 6.10 Å². The molecule has 2 fully saturated rings. The summed E-state index contributed by atoms with van der Waals surface area (Å²) in [4.78, 5) is 0. The van der Waals surface area contributed by atoms with Gasteiger partial charge >= 0.3 is 0 Å². The molecule has 0 radical (unpaired) electrons. The van der Waals surface area contributed by atoms with Crippen LogP contribution in [0.1, 0.15) is 25.7 Å². The van der Waals surface area contributed by atoms with Crippen molar-refractivity contribution in [1.29, 1.82) is 0 Å². The minimum absolute atomic E-state index is 0.0168. The molecule has 0 aromatic carbocycles. The summed E-state index contributed by atoms with van der Waals surface area (Å²) in [5.41, 5.74) is 0. The lowest BCUT2D eigenvalue weighted by Crippen LogP contribution is -2.40. The number of rotatable bonds is 2. The van der Waals surface area contributed by atoms with Crippen molar-refractivity contribution in [2.45, 2.75) is 31.8 Å². The lowest BCUT2D eigenvalue weighted by Gasteiger charge is -2.28. The maximum atomic E-state index is 9.61. The topological polar surface area (TPSA) is 32.3 Å². The van der Waals surface area contributed by atoms with Crippen molar-refractivity contribution in [3.8, 4) is 0 Å². The Labute approximate surface area is 68.0 Å². The zero-order valence-corrected chi connectivity index (χ0v) is 6.92. The van der Waals surface area contributed by atoms with Gasteiger partial charge in [-0.25, -0.2) is 0 Å². The van der Waals surface area contributed by atoms with E-state index in [2.05, 4.69) is 5.32 Å². The first kappa shape index (κ1) is 7.56. The molecule has 1 saturated heterocycles. The molecule has 2 atom stereocenters. The maximum Gasteiger partial charge on any atom is 0.0592 e. The van der Waals surface area contributed by atoms with E-state index in [9.17, 15) is 5.11 Å². The van der Waals surface area contributed by atoms with E-state index in [0.29, 0.717) is 5.92 Å². The Morgan fingerprint density at radius 2 is 2.09 bits per heavy atom. The monoisotopic (exact) mass is 155 g/mol. The van der Waals surface area contributed by atoms with Crippen molar-refractivity contribution in [2.75, 3.05) is 13.1 Å². The highest BCUT2D eigenvalue weighted by molar-refractivity contribution is 4.83. The second-order valence-electron chi connectivity index (χ2n) is 4.00. The van der Waals surface area contributed by atoms with Crippen molar-refractivity contribution in [3.05, 3.63) is 0 Å². The van der Waals surface area contributed by atoms with E-state index < -0.39 is 0 Å². The van der Waals surface area contributed by atoms with Gasteiger partial charge in [-0.1, -0.05) is 12.8 Å². The Hall–Kier alpha value is -0.0800. The largest absolute Gasteiger partial charge is 0.393 e. The van der Waals surface area contributed by atoms with Gasteiger partial charge < -0.3 is 10.4 Å². The Morgan fingerprint density at radius 1 is 1.27 bits per heavy atom. The quantitative estimate of drug-likeness (QED) is 0.617. The van der Waals surface area contributed by atoms with Crippen molar-refractivity contribution in [2.24, 2.45) is 11.8 Å². The molecule has 1 saturated carbocycles. The Balaban J connectivity index is 1.78. The average Bonchev–Trinajstić information content (AvgIpc) is 2.78. The maximum absolute atomic E-state index is 9.61. The van der Waals surface area contributed by atoms with Gasteiger partial charge in [0, 0.05) is 6.54 Å². The van der Waals surface area contributed by atoms with E-state index >= 15 is 0 Å². The number of aliphatic hydroxyl groups excluding tert-OH is 1. The van der Waals surface area contributed by atoms with Gasteiger partial charge in [0.1, 0.15) is 0 Å². The third-order valence-corrected chi connectivity index (χ3v) is 2.90. The summed E-state index contributed by atoms with van der Waals surface area (Å²) in [5.74, 6) is 1.51. The smallest absolute Gasteiger partial charge is 0.0592 e. The molecule has 2 aliphatic rings. The SMILES string of the molecule is O[C@@H]1CCNC[C@H]1CC1CC1. The van der Waals surface area contributed by atoms with Crippen LogP contribution in [0.25, 0.3) is 0 Å². The molecule has 0 amide bonds. The fourth-order valence-electron chi connectivity index (χ4n) is 1.93. The lowest BCUT2D eigenvalue weighted by molar-refractivity contribution is 0.0716. The number of nitrogens with one attached hydrogen (secondary N) is 1. The van der Waals surface area contributed by atoms with Gasteiger partial charge in [0.15, 0.2) is 0 Å². The van der Waals surface area contributed by atoms with Crippen LogP contribution in [0.5, 0.6) is 0 Å². The van der Waals surface area contributed by atoms with Crippen molar-refractivity contribution in [1.82, 2.24) is 5.32 Å². The molecule has 2 nitrogen and oxygen atoms in total. The summed E-state index contributed by atoms with van der Waals surface area (Å²) in [6.45, 7) is 2.04. The Morgan fingerprint density at radius 3 is 2.73 bits per heavy atom. The molecule has 0 spiro atoms. The third-order valence-electron chi connectivity index (χ3n) is 2.90. The van der Waals surface area contributed by atoms with Crippen LogP contribution in [0, 0.1) is 11.8 Å². The predicted octanol–water partition coefficient (Wildman–Crippen LogP) is 0.757. The summed E-state index contributed by atoms with van der Waals surface area (Å²) < 4.78 is 0. The molecule has 0 bridgehead atoms. The van der Waals surface area contributed by atoms with Crippen LogP contribution in [0.3, 0.4) is 0 Å². The van der Waals surface area contributed by atoms with E-state index in [4.69, 9.17) is 0 Å². The number of hydrogen-bond donors (Lipinski definition) is 2. The van der Waals surface area contributed by atoms with Crippen LogP contribution in [0.15, 0.2) is 0 Å². The van der Waals surface area contributed by atoms with E-state index in [1.807, 2.05) is 0 Å². The summed E-state index contributed by atoms with van der Waals surface area (Å²) in [6.07, 6.45) is 5.01. The molecular formula is C9H17NO. The van der Waals surface area contributed by atoms with E-state index in [1.165, 1.54) is 19.3 Å². The molecule has 1 aliphatic carbocycles. The lowest BCUT2D eigenvalue weighted by atomic mass is 9.91. The molecule has 2 rings (SSSR count). The minimum atomic E-state index is -0.0168. The van der Waals surface area contributed by atoms with Gasteiger partial charge in [0.2, 0.25) is 0 Å². The zero-order chi connectivity index (χ0) is 7.68. The molecular weight excluding hydrogens is 138 g/mol. The molecule has 0 unspecified atom stereocenters. The summed E-state index contributed by atoms with van der Waals surface area (Å²) in [5, 5.41) is 12.9. The van der Waals surface area contributed by atoms with Gasteiger partial charge in [0.25, 0.3) is 0 Å². The molecule has 64 valence electrons. The molecule has 2 N–H and O–H groups in total. The second-order valence-corrected chi connectivity index (χ2v) is 4.00. The van der Waals surface area contributed by atoms with Gasteiger partial charge in [-0.2, -0.15) is 0 Å². The van der Waals surface area contributed by atoms with E-state index in [-0.39, 0.29) is 6.10 Å². The fourth-order valence-corrected chi connectivity index (χ4v) is 1.93. The molecule has 2 heteroatoms. The summed E-state index contributed by atoms with van der Waals surface area (Å²) in [6, 6.07) is 0. The highest BCUT2D eigenvalue weighted by atomic mass is 16.3. The molecule has 0 aromatic rings. The zero-order valence-electron chi connectivity index (χ0n) is 6.92. The third kappa shape index (κ3) is 1.94. The molecule has 11 heavy (non-hydrogen) atoms. The van der Waals surface area contributed by atoms with E-state index in [1.54, 1.807) is 0 Å². The van der Waals surface area contributed by atoms with Crippen molar-refractivity contribution >= 4 is 0 Å². The van der Waals surface area contributed by atoms with Crippen LogP contribution in [0.4, 0.5) is 0 Å². The molecule has 1 aliphatic heterocycles. The Kier molecular flexibility index (Phi) is 2.14. The standard InChI is InChI=1S/C9H17NO/c11-9-3-4-10-6-8(9)5-7-1-2-7/h7-11H,1-6H2/t8-,9-/m1/s1. The number of piperidine rings is 1. The average molecular weight is 155 g/mol. The highest BCUT2D eigenvalue weighted by Gasteiger charge is 2.30. The van der Waals surface area contributed by atoms with Crippen molar-refractivity contribution in [3.63, 3.8) is 0 Å². The van der Waals surface area contributed by atoms with E-state index in [0.717, 1.165) is 25.4 Å². The Bertz CT molecular complexity index is 134. The number of aliphatic hydroxyl groups is 1. The summed E-state index contributed by atoms with van der Waals surface area (Å²) in [7, 11) is 0. The van der Waals surface area contributed by atoms with Gasteiger partial charge in [-0.15, -0.1) is 0 Å². The molecule has 0 aromatic heterocycles. The number of hydrogen-bond acceptors (Lipinski definition) is 2. The van der Waals surface area contributed by atoms with Gasteiger partial charge in [-0.05, 0) is 31.2 Å². The summed E-state index contributed by atoms with van der Waals surface area (Å²) >= 11 is 0. The van der Waals surface area contributed by atoms with Gasteiger partial charge in [-0.3, -0.25) is 0 Å². The second kappa shape index (κ2) is 3.11.